The lowest BCUT2D eigenvalue weighted by Gasteiger charge is -2.58. The van der Waals surface area contributed by atoms with Crippen LogP contribution in [0, 0.1) is 46.3 Å². The van der Waals surface area contributed by atoms with E-state index >= 15 is 0 Å². The van der Waals surface area contributed by atoms with Crippen molar-refractivity contribution < 1.29 is 9.53 Å². The van der Waals surface area contributed by atoms with Gasteiger partial charge in [-0.25, -0.2) is 0 Å². The van der Waals surface area contributed by atoms with E-state index in [1.54, 1.807) is 12.8 Å². The number of hydrogen-bond donors (Lipinski definition) is 0. The maximum Gasteiger partial charge on any atom is 0.293 e. The maximum absolute atomic E-state index is 11.3. The van der Waals surface area contributed by atoms with E-state index in [1.807, 2.05) is 0 Å². The molecule has 0 N–H and O–H groups in total. The molecule has 5 saturated carbocycles. The summed E-state index contributed by atoms with van der Waals surface area (Å²) in [6, 6.07) is 0. The first kappa shape index (κ1) is 31.9. The van der Waals surface area contributed by atoms with Crippen LogP contribution in [0.2, 0.25) is 0 Å². The maximum atomic E-state index is 11.3. The van der Waals surface area contributed by atoms with Crippen molar-refractivity contribution in [3.63, 3.8) is 0 Å². The zero-order valence-corrected chi connectivity index (χ0v) is 27.5. The van der Waals surface area contributed by atoms with Gasteiger partial charge in [0.15, 0.2) is 0 Å². The lowest BCUT2D eigenvalue weighted by atomic mass is 9.47. The molecule has 5 rings (SSSR count). The molecule has 41 heavy (non-hydrogen) atoms. The molecule has 2 heteroatoms. The molecule has 0 aromatic heterocycles. The smallest absolute Gasteiger partial charge is 0.293 e. The van der Waals surface area contributed by atoms with Crippen LogP contribution >= 0.6 is 0 Å². The van der Waals surface area contributed by atoms with Crippen molar-refractivity contribution in [2.45, 2.75) is 193 Å². The predicted octanol–water partition coefficient (Wildman–Crippen LogP) is 11.8. The molecule has 0 aromatic rings. The Labute approximate surface area is 255 Å². The van der Waals surface area contributed by atoms with Gasteiger partial charge in [0.1, 0.15) is 6.10 Å². The third kappa shape index (κ3) is 7.59. The van der Waals surface area contributed by atoms with Crippen LogP contribution in [-0.2, 0) is 9.53 Å². The third-order valence-corrected chi connectivity index (χ3v) is 14.3. The lowest BCUT2D eigenvalue weighted by molar-refractivity contribution is -0.138. The average Bonchev–Trinajstić information content (AvgIpc) is 3.03. The lowest BCUT2D eigenvalue weighted by Crippen LogP contribution is -2.49. The molecule has 2 nitrogen and oxygen atoms in total. The highest BCUT2D eigenvalue weighted by molar-refractivity contribution is 5.37. The van der Waals surface area contributed by atoms with Gasteiger partial charge in [-0.1, -0.05) is 117 Å². The summed E-state index contributed by atoms with van der Waals surface area (Å²) in [7, 11) is 0. The van der Waals surface area contributed by atoms with Gasteiger partial charge in [0, 0.05) is 0 Å². The molecule has 0 saturated heterocycles. The Balaban J connectivity index is 1.43. The first-order valence-electron chi connectivity index (χ1n) is 19.2. The Morgan fingerprint density at radius 2 is 1.17 bits per heavy atom. The molecule has 5 aliphatic rings. The van der Waals surface area contributed by atoms with Crippen LogP contribution in [0.5, 0.6) is 0 Å². The van der Waals surface area contributed by atoms with Crippen molar-refractivity contribution in [3.8, 4) is 0 Å². The first-order valence-corrected chi connectivity index (χ1v) is 19.2. The quantitative estimate of drug-likeness (QED) is 0.219. The molecular weight excluding hydrogens is 500 g/mol. The van der Waals surface area contributed by atoms with Crippen molar-refractivity contribution in [2.75, 3.05) is 0 Å². The number of rotatable bonds is 12. The summed E-state index contributed by atoms with van der Waals surface area (Å²) in [6.45, 7) is 5.53. The fourth-order valence-electron chi connectivity index (χ4n) is 12.2. The number of hydrogen-bond acceptors (Lipinski definition) is 2. The Kier molecular flexibility index (Phi) is 12.0. The molecule has 0 radical (unpaired) electrons. The van der Waals surface area contributed by atoms with Crippen molar-refractivity contribution in [1.82, 2.24) is 0 Å². The zero-order chi connectivity index (χ0) is 28.5. The zero-order valence-electron chi connectivity index (χ0n) is 27.5. The van der Waals surface area contributed by atoms with Crippen LogP contribution in [0.1, 0.15) is 187 Å². The number of carbonyl (C=O) groups is 1. The van der Waals surface area contributed by atoms with Crippen LogP contribution in [0.15, 0.2) is 0 Å². The summed E-state index contributed by atoms with van der Waals surface area (Å²) in [5.74, 6) is 5.85. The molecule has 1 unspecified atom stereocenters. The van der Waals surface area contributed by atoms with Gasteiger partial charge in [-0.05, 0) is 117 Å². The van der Waals surface area contributed by atoms with Crippen LogP contribution in [-0.4, -0.2) is 12.6 Å². The molecule has 1 atom stereocenters. The van der Waals surface area contributed by atoms with Crippen LogP contribution in [0.4, 0.5) is 0 Å². The van der Waals surface area contributed by atoms with Gasteiger partial charge in [0.2, 0.25) is 0 Å². The minimum Gasteiger partial charge on any atom is -0.465 e. The van der Waals surface area contributed by atoms with Crippen LogP contribution in [0.25, 0.3) is 0 Å². The van der Waals surface area contributed by atoms with Gasteiger partial charge in [-0.3, -0.25) is 4.79 Å². The van der Waals surface area contributed by atoms with E-state index < -0.39 is 0 Å². The van der Waals surface area contributed by atoms with Gasteiger partial charge in [-0.15, -0.1) is 0 Å². The van der Waals surface area contributed by atoms with Gasteiger partial charge in [0.05, 0.1) is 0 Å². The van der Waals surface area contributed by atoms with E-state index in [-0.39, 0.29) is 6.10 Å². The largest absolute Gasteiger partial charge is 0.465 e. The second kappa shape index (κ2) is 15.5. The molecular formula is C39H68O2. The Bertz CT molecular complexity index is 738. The second-order valence-electron chi connectivity index (χ2n) is 16.3. The Morgan fingerprint density at radius 3 is 1.71 bits per heavy atom. The highest BCUT2D eigenvalue weighted by Crippen LogP contribution is 2.63. The summed E-state index contributed by atoms with van der Waals surface area (Å²) in [5.41, 5.74) is 1.13. The summed E-state index contributed by atoms with van der Waals surface area (Å²) >= 11 is 0. The van der Waals surface area contributed by atoms with E-state index in [1.165, 1.54) is 148 Å². The molecule has 0 spiro atoms. The Morgan fingerprint density at radius 1 is 0.634 bits per heavy atom. The summed E-state index contributed by atoms with van der Waals surface area (Å²) in [4.78, 5) is 11.3. The summed E-state index contributed by atoms with van der Waals surface area (Å²) in [6.07, 6.45) is 39.4. The molecule has 0 heterocycles. The monoisotopic (exact) mass is 569 g/mol. The Hall–Kier alpha value is -0.530. The topological polar surface area (TPSA) is 26.3 Å². The molecule has 0 bridgehead atoms. The minimum absolute atomic E-state index is 0.183. The standard InChI is InChI=1S/C39H68O2/c1-3-11-31-15-19-34(20-16-31)38(27-23-36(24-28-38)41-30-40)29-37(33-13-7-5-8-14-33)39(25-9-6-10-26-39)35-21-17-32(12-4-2)18-22-35/h30-37H,3-29H2,1-2H3. The molecule has 236 valence electrons. The highest BCUT2D eigenvalue weighted by Gasteiger charge is 2.53. The van der Waals surface area contributed by atoms with E-state index in [0.717, 1.165) is 54.8 Å². The summed E-state index contributed by atoms with van der Waals surface area (Å²) in [5, 5.41) is 0. The van der Waals surface area contributed by atoms with E-state index in [2.05, 4.69) is 13.8 Å². The molecule has 5 aliphatic carbocycles. The van der Waals surface area contributed by atoms with E-state index in [9.17, 15) is 4.79 Å². The van der Waals surface area contributed by atoms with Gasteiger partial charge >= 0.3 is 0 Å². The van der Waals surface area contributed by atoms with Crippen molar-refractivity contribution in [1.29, 1.82) is 0 Å². The first-order chi connectivity index (χ1) is 20.1. The third-order valence-electron chi connectivity index (χ3n) is 14.3. The number of ether oxygens (including phenoxy) is 1. The molecule has 0 aromatic carbocycles. The molecule has 0 aliphatic heterocycles. The fraction of sp³-hybridized carbons (Fsp3) is 0.974. The average molecular weight is 569 g/mol. The molecule has 0 amide bonds. The van der Waals surface area contributed by atoms with Gasteiger partial charge in [-0.2, -0.15) is 0 Å². The molecule has 5 fully saturated rings. The highest BCUT2D eigenvalue weighted by atomic mass is 16.5. The van der Waals surface area contributed by atoms with Gasteiger partial charge < -0.3 is 4.74 Å². The second-order valence-corrected chi connectivity index (χ2v) is 16.3. The van der Waals surface area contributed by atoms with E-state index in [4.69, 9.17) is 4.74 Å². The van der Waals surface area contributed by atoms with Gasteiger partial charge in [0.25, 0.3) is 6.47 Å². The van der Waals surface area contributed by atoms with Crippen LogP contribution < -0.4 is 0 Å². The van der Waals surface area contributed by atoms with Crippen molar-refractivity contribution >= 4 is 6.47 Å². The predicted molar refractivity (Wildman–Crippen MR) is 173 cm³/mol. The minimum atomic E-state index is 0.183. The van der Waals surface area contributed by atoms with Crippen LogP contribution in [0.3, 0.4) is 0 Å². The fourth-order valence-corrected chi connectivity index (χ4v) is 12.2. The summed E-state index contributed by atoms with van der Waals surface area (Å²) < 4.78 is 5.61. The van der Waals surface area contributed by atoms with Crippen molar-refractivity contribution in [3.05, 3.63) is 0 Å². The van der Waals surface area contributed by atoms with Crippen molar-refractivity contribution in [2.24, 2.45) is 46.3 Å². The normalized spacial score (nSPS) is 37.8. The van der Waals surface area contributed by atoms with E-state index in [0.29, 0.717) is 10.8 Å². The SMILES string of the molecule is CCCC1CCC(C2(CC(C3CCCCC3)C3(C4CCC(CCC)CC4)CCCCC3)CCC(OC=O)CC2)CC1. The number of carbonyl (C=O) groups excluding carboxylic acids is 1.